The lowest BCUT2D eigenvalue weighted by Gasteiger charge is -2.34. The molecule has 2 amide bonds. The Labute approximate surface area is 293 Å². The van der Waals surface area contributed by atoms with E-state index in [-0.39, 0.29) is 36.1 Å². The molecule has 0 aliphatic carbocycles. The SMILES string of the molecule is CCCCNC(=O)[C@@H](Cc1ccccc1)N(Cc1ccc(Cl)cc1Cl)C(=O)CN(c1ccccc1OCC)S(=O)(=O)c1ccc(C)cc1. The van der Waals surface area contributed by atoms with Crippen molar-refractivity contribution in [3.63, 3.8) is 0 Å². The molecule has 8 nitrogen and oxygen atoms in total. The molecular weight excluding hydrogens is 669 g/mol. The highest BCUT2D eigenvalue weighted by molar-refractivity contribution is 7.92. The van der Waals surface area contributed by atoms with E-state index in [9.17, 15) is 18.0 Å². The number of halogens is 2. The highest BCUT2D eigenvalue weighted by Gasteiger charge is 2.35. The van der Waals surface area contributed by atoms with Gasteiger partial charge in [0.2, 0.25) is 11.8 Å². The van der Waals surface area contributed by atoms with E-state index < -0.39 is 28.5 Å². The van der Waals surface area contributed by atoms with Gasteiger partial charge in [0.1, 0.15) is 18.3 Å². The molecule has 0 bridgehead atoms. The molecule has 0 aliphatic heterocycles. The number of rotatable bonds is 16. The van der Waals surface area contributed by atoms with Gasteiger partial charge in [0, 0.05) is 29.6 Å². The number of ether oxygens (including phenoxy) is 1. The zero-order valence-corrected chi connectivity index (χ0v) is 29.7. The van der Waals surface area contributed by atoms with E-state index >= 15 is 0 Å². The molecule has 0 aromatic heterocycles. The van der Waals surface area contributed by atoms with E-state index in [1.165, 1.54) is 17.0 Å². The molecule has 4 rings (SSSR count). The number of carbonyl (C=O) groups excluding carboxylic acids is 2. The summed E-state index contributed by atoms with van der Waals surface area (Å²) in [6, 6.07) is 26.4. The minimum atomic E-state index is -4.29. The minimum absolute atomic E-state index is 0.0117. The molecule has 1 atom stereocenters. The first kappa shape index (κ1) is 36.8. The number of anilines is 1. The van der Waals surface area contributed by atoms with Gasteiger partial charge in [-0.05, 0) is 67.8 Å². The summed E-state index contributed by atoms with van der Waals surface area (Å²) in [5.41, 5.74) is 2.47. The van der Waals surface area contributed by atoms with Crippen molar-refractivity contribution in [2.75, 3.05) is 24.0 Å². The van der Waals surface area contributed by atoms with Crippen LogP contribution in [0.25, 0.3) is 0 Å². The first-order valence-electron chi connectivity index (χ1n) is 15.9. The van der Waals surface area contributed by atoms with Crippen LogP contribution in [-0.2, 0) is 32.6 Å². The Bertz CT molecular complexity index is 1790. The minimum Gasteiger partial charge on any atom is -0.492 e. The quantitative estimate of drug-likeness (QED) is 0.122. The van der Waals surface area contributed by atoms with Gasteiger partial charge in [0.25, 0.3) is 10.0 Å². The Hall–Kier alpha value is -4.05. The first-order chi connectivity index (χ1) is 23.0. The predicted octanol–water partition coefficient (Wildman–Crippen LogP) is 7.45. The average molecular weight is 711 g/mol. The molecule has 0 saturated heterocycles. The summed E-state index contributed by atoms with van der Waals surface area (Å²) in [5.74, 6) is -0.656. The Balaban J connectivity index is 1.84. The summed E-state index contributed by atoms with van der Waals surface area (Å²) >= 11 is 12.8. The van der Waals surface area contributed by atoms with E-state index in [2.05, 4.69) is 5.32 Å². The Morgan fingerprint density at radius 2 is 1.58 bits per heavy atom. The van der Waals surface area contributed by atoms with Crippen LogP contribution in [0.15, 0.2) is 102 Å². The summed E-state index contributed by atoms with van der Waals surface area (Å²) in [6.45, 7) is 5.71. The van der Waals surface area contributed by atoms with Gasteiger partial charge in [-0.3, -0.25) is 13.9 Å². The molecule has 0 heterocycles. The van der Waals surface area contributed by atoms with Crippen LogP contribution in [0.1, 0.15) is 43.4 Å². The van der Waals surface area contributed by atoms with Crippen molar-refractivity contribution in [2.24, 2.45) is 0 Å². The van der Waals surface area contributed by atoms with Crippen LogP contribution >= 0.6 is 23.2 Å². The van der Waals surface area contributed by atoms with Crippen molar-refractivity contribution >= 4 is 50.7 Å². The largest absolute Gasteiger partial charge is 0.492 e. The van der Waals surface area contributed by atoms with Crippen molar-refractivity contribution in [1.29, 1.82) is 0 Å². The van der Waals surface area contributed by atoms with Crippen LogP contribution in [-0.4, -0.2) is 50.9 Å². The number of hydrogen-bond donors (Lipinski definition) is 1. The lowest BCUT2D eigenvalue weighted by molar-refractivity contribution is -0.140. The second-order valence-corrected chi connectivity index (χ2v) is 14.0. The van der Waals surface area contributed by atoms with Crippen LogP contribution in [0.5, 0.6) is 5.75 Å². The maximum absolute atomic E-state index is 14.7. The van der Waals surface area contributed by atoms with E-state index in [0.29, 0.717) is 27.9 Å². The third-order valence-electron chi connectivity index (χ3n) is 7.78. The molecule has 48 heavy (non-hydrogen) atoms. The number of sulfonamides is 1. The fraction of sp³-hybridized carbons (Fsp3) is 0.297. The molecule has 0 fully saturated rings. The van der Waals surface area contributed by atoms with Crippen LogP contribution in [0.2, 0.25) is 10.0 Å². The van der Waals surface area contributed by atoms with Gasteiger partial charge in [-0.2, -0.15) is 0 Å². The maximum Gasteiger partial charge on any atom is 0.264 e. The lowest BCUT2D eigenvalue weighted by Crippen LogP contribution is -2.53. The normalized spacial score (nSPS) is 11.9. The molecule has 0 radical (unpaired) electrons. The van der Waals surface area contributed by atoms with Crippen molar-refractivity contribution in [1.82, 2.24) is 10.2 Å². The molecule has 0 saturated carbocycles. The van der Waals surface area contributed by atoms with Crippen molar-refractivity contribution < 1.29 is 22.7 Å². The predicted molar refractivity (Wildman–Crippen MR) is 192 cm³/mol. The number of amides is 2. The fourth-order valence-electron chi connectivity index (χ4n) is 5.19. The van der Waals surface area contributed by atoms with Gasteiger partial charge in [-0.15, -0.1) is 0 Å². The van der Waals surface area contributed by atoms with Crippen LogP contribution in [0, 0.1) is 6.92 Å². The second-order valence-electron chi connectivity index (χ2n) is 11.3. The Morgan fingerprint density at radius 3 is 2.25 bits per heavy atom. The number of aryl methyl sites for hydroxylation is 1. The van der Waals surface area contributed by atoms with E-state index in [1.807, 2.05) is 44.2 Å². The average Bonchev–Trinajstić information content (AvgIpc) is 3.07. The second kappa shape index (κ2) is 17.4. The number of nitrogens with one attached hydrogen (secondary N) is 1. The Kier molecular flexibility index (Phi) is 13.3. The molecule has 0 aliphatic rings. The van der Waals surface area contributed by atoms with E-state index in [4.69, 9.17) is 27.9 Å². The van der Waals surface area contributed by atoms with Gasteiger partial charge in [0.15, 0.2) is 0 Å². The number of carbonyl (C=O) groups is 2. The number of hydrogen-bond acceptors (Lipinski definition) is 5. The van der Waals surface area contributed by atoms with Gasteiger partial charge < -0.3 is 15.0 Å². The fourth-order valence-corrected chi connectivity index (χ4v) is 7.08. The summed E-state index contributed by atoms with van der Waals surface area (Å²) in [6.07, 6.45) is 1.82. The zero-order valence-electron chi connectivity index (χ0n) is 27.4. The summed E-state index contributed by atoms with van der Waals surface area (Å²) < 4.78 is 35.6. The molecular formula is C37H41Cl2N3O5S. The number of unbranched alkanes of at least 4 members (excludes halogenated alkanes) is 1. The smallest absolute Gasteiger partial charge is 0.264 e. The number of benzene rings is 4. The van der Waals surface area contributed by atoms with Gasteiger partial charge in [0.05, 0.1) is 17.2 Å². The van der Waals surface area contributed by atoms with E-state index in [0.717, 1.165) is 28.3 Å². The highest BCUT2D eigenvalue weighted by Crippen LogP contribution is 2.33. The van der Waals surface area contributed by atoms with Crippen LogP contribution in [0.4, 0.5) is 5.69 Å². The van der Waals surface area contributed by atoms with Crippen molar-refractivity contribution in [3.05, 3.63) is 124 Å². The third kappa shape index (κ3) is 9.52. The number of nitrogens with zero attached hydrogens (tertiary/aromatic N) is 2. The third-order valence-corrected chi connectivity index (χ3v) is 10.1. The van der Waals surface area contributed by atoms with Crippen LogP contribution < -0.4 is 14.4 Å². The summed E-state index contributed by atoms with van der Waals surface area (Å²) in [5, 5.41) is 3.72. The molecule has 254 valence electrons. The van der Waals surface area contributed by atoms with E-state index in [1.54, 1.807) is 61.5 Å². The maximum atomic E-state index is 14.7. The first-order valence-corrected chi connectivity index (χ1v) is 18.1. The molecule has 4 aromatic carbocycles. The molecule has 1 N–H and O–H groups in total. The Morgan fingerprint density at radius 1 is 0.896 bits per heavy atom. The standard InChI is InChI=1S/C37H41Cl2N3O5S/c1-4-6-22-40-37(44)34(23-28-12-8-7-9-13-28)41(25-29-18-19-30(38)24-32(29)39)36(43)26-42(33-14-10-11-15-35(33)47-5-2)48(45,46)31-20-16-27(3)17-21-31/h7-21,24,34H,4-6,22-23,25-26H2,1-3H3,(H,40,44)/t34-/m1/s1. The lowest BCUT2D eigenvalue weighted by atomic mass is 10.0. The van der Waals surface area contributed by atoms with Gasteiger partial charge in [-0.1, -0.05) is 103 Å². The molecule has 11 heteroatoms. The van der Waals surface area contributed by atoms with Gasteiger partial charge >= 0.3 is 0 Å². The zero-order chi connectivity index (χ0) is 34.7. The monoisotopic (exact) mass is 709 g/mol. The van der Waals surface area contributed by atoms with Crippen molar-refractivity contribution in [2.45, 2.75) is 57.5 Å². The highest BCUT2D eigenvalue weighted by atomic mass is 35.5. The van der Waals surface area contributed by atoms with Crippen LogP contribution in [0.3, 0.4) is 0 Å². The molecule has 0 spiro atoms. The topological polar surface area (TPSA) is 96.0 Å². The molecule has 4 aromatic rings. The summed E-state index contributed by atoms with van der Waals surface area (Å²) in [4.78, 5) is 30.1. The summed E-state index contributed by atoms with van der Waals surface area (Å²) in [7, 11) is -4.29. The van der Waals surface area contributed by atoms with Gasteiger partial charge in [-0.25, -0.2) is 8.42 Å². The molecule has 0 unspecified atom stereocenters. The number of para-hydroxylation sites is 2. The van der Waals surface area contributed by atoms with Crippen molar-refractivity contribution in [3.8, 4) is 5.75 Å².